The topological polar surface area (TPSA) is 73.9 Å². The van der Waals surface area contributed by atoms with E-state index in [0.717, 1.165) is 58.0 Å². The lowest BCUT2D eigenvalue weighted by Gasteiger charge is -2.32. The molecule has 188 valence electrons. The summed E-state index contributed by atoms with van der Waals surface area (Å²) < 4.78 is 5.41. The maximum Gasteiger partial charge on any atom is 0.253 e. The highest BCUT2D eigenvalue weighted by atomic mass is 16.5. The van der Waals surface area contributed by atoms with Gasteiger partial charge in [-0.2, -0.15) is 0 Å². The van der Waals surface area contributed by atoms with Gasteiger partial charge in [0.15, 0.2) is 0 Å². The van der Waals surface area contributed by atoms with Gasteiger partial charge in [-0.1, -0.05) is 45.0 Å². The van der Waals surface area contributed by atoms with Crippen LogP contribution in [0.1, 0.15) is 48.7 Å². The highest BCUT2D eigenvalue weighted by Gasteiger charge is 2.23. The third-order valence-electron chi connectivity index (χ3n) is 6.50. The molecule has 0 atom stereocenters. The molecule has 0 unspecified atom stereocenters. The molecule has 1 saturated heterocycles. The summed E-state index contributed by atoms with van der Waals surface area (Å²) in [7, 11) is 0. The van der Waals surface area contributed by atoms with Crippen LogP contribution in [0, 0.1) is 5.41 Å². The minimum absolute atomic E-state index is 0.0455. The first kappa shape index (κ1) is 25.2. The number of morpholine rings is 1. The smallest absolute Gasteiger partial charge is 0.253 e. The van der Waals surface area contributed by atoms with Crippen LogP contribution >= 0.6 is 0 Å². The summed E-state index contributed by atoms with van der Waals surface area (Å²) in [4.78, 5) is 30.5. The number of fused-ring (bicyclic) bond motifs is 1. The first-order valence-corrected chi connectivity index (χ1v) is 12.6. The Morgan fingerprint density at radius 2 is 1.74 bits per heavy atom. The molecular formula is C28H38N4O3. The van der Waals surface area contributed by atoms with Gasteiger partial charge in [0.05, 0.1) is 18.8 Å². The maximum absolute atomic E-state index is 13.4. The van der Waals surface area contributed by atoms with Crippen LogP contribution in [0.5, 0.6) is 0 Å². The number of carbonyl (C=O) groups excluding carboxylic acids is 2. The van der Waals surface area contributed by atoms with Gasteiger partial charge in [-0.15, -0.1) is 0 Å². The van der Waals surface area contributed by atoms with Crippen LogP contribution in [-0.4, -0.2) is 62.7 Å². The van der Waals surface area contributed by atoms with Gasteiger partial charge < -0.3 is 20.3 Å². The summed E-state index contributed by atoms with van der Waals surface area (Å²) in [5.41, 5.74) is 4.70. The van der Waals surface area contributed by atoms with Crippen LogP contribution in [0.25, 0.3) is 0 Å². The number of anilines is 2. The van der Waals surface area contributed by atoms with Crippen molar-refractivity contribution in [1.29, 1.82) is 0 Å². The predicted molar refractivity (Wildman–Crippen MR) is 140 cm³/mol. The Bertz CT molecular complexity index is 1040. The Morgan fingerprint density at radius 1 is 1.00 bits per heavy atom. The molecule has 2 aliphatic rings. The number of nitrogens with one attached hydrogen (secondary N) is 2. The van der Waals surface area contributed by atoms with Crippen LogP contribution in [0.3, 0.4) is 0 Å². The maximum atomic E-state index is 13.4. The predicted octanol–water partition coefficient (Wildman–Crippen LogP) is 3.69. The summed E-state index contributed by atoms with van der Waals surface area (Å²) in [5, 5.41) is 6.09. The first-order chi connectivity index (χ1) is 16.8. The molecule has 7 nitrogen and oxygen atoms in total. The van der Waals surface area contributed by atoms with Gasteiger partial charge in [-0.05, 0) is 41.2 Å². The van der Waals surface area contributed by atoms with Crippen LogP contribution in [-0.2, 0) is 22.5 Å². The number of benzene rings is 2. The Hall–Kier alpha value is -2.90. The van der Waals surface area contributed by atoms with E-state index in [1.54, 1.807) is 0 Å². The van der Waals surface area contributed by atoms with Gasteiger partial charge in [0.25, 0.3) is 5.91 Å². The van der Waals surface area contributed by atoms with E-state index in [9.17, 15) is 9.59 Å². The minimum atomic E-state index is -0.112. The lowest BCUT2D eigenvalue weighted by molar-refractivity contribution is -0.117. The van der Waals surface area contributed by atoms with Gasteiger partial charge in [-0.3, -0.25) is 14.5 Å². The van der Waals surface area contributed by atoms with Crippen molar-refractivity contribution < 1.29 is 14.3 Å². The normalized spacial score (nSPS) is 16.5. The van der Waals surface area contributed by atoms with E-state index in [0.29, 0.717) is 24.2 Å². The van der Waals surface area contributed by atoms with Crippen molar-refractivity contribution >= 4 is 23.2 Å². The number of hydrogen-bond donors (Lipinski definition) is 2. The van der Waals surface area contributed by atoms with Crippen molar-refractivity contribution in [3.63, 3.8) is 0 Å². The second-order valence-corrected chi connectivity index (χ2v) is 10.7. The molecule has 0 radical (unpaired) electrons. The van der Waals surface area contributed by atoms with Crippen molar-refractivity contribution in [3.8, 4) is 0 Å². The van der Waals surface area contributed by atoms with E-state index in [-0.39, 0.29) is 17.2 Å². The van der Waals surface area contributed by atoms with Crippen LogP contribution in [0.2, 0.25) is 0 Å². The van der Waals surface area contributed by atoms with Crippen molar-refractivity contribution in [2.24, 2.45) is 5.41 Å². The zero-order valence-corrected chi connectivity index (χ0v) is 21.2. The summed E-state index contributed by atoms with van der Waals surface area (Å²) in [6.45, 7) is 12.4. The standard InChI is InChI=1S/C28H38N4O3/c1-28(2,3)19-26(33)30-23-8-9-25(32-12-10-21-6-4-5-7-22(21)20-32)24(18-23)27(34)29-11-13-31-14-16-35-17-15-31/h4-9,18H,10-17,19-20H2,1-3H3,(H,29,34)(H,30,33). The molecule has 4 rings (SSSR count). The average Bonchev–Trinajstić information content (AvgIpc) is 2.83. The van der Waals surface area contributed by atoms with Crippen LogP contribution in [0.15, 0.2) is 42.5 Å². The van der Waals surface area contributed by atoms with E-state index < -0.39 is 0 Å². The first-order valence-electron chi connectivity index (χ1n) is 12.6. The highest BCUT2D eigenvalue weighted by molar-refractivity contribution is 6.02. The van der Waals surface area contributed by atoms with Crippen LogP contribution in [0.4, 0.5) is 11.4 Å². The van der Waals surface area contributed by atoms with Gasteiger partial charge in [0, 0.05) is 57.1 Å². The van der Waals surface area contributed by atoms with Gasteiger partial charge in [-0.25, -0.2) is 0 Å². The number of nitrogens with zero attached hydrogens (tertiary/aromatic N) is 2. The monoisotopic (exact) mass is 478 g/mol. The molecule has 0 spiro atoms. The van der Waals surface area contributed by atoms with E-state index in [1.165, 1.54) is 11.1 Å². The third-order valence-corrected chi connectivity index (χ3v) is 6.50. The number of hydrogen-bond acceptors (Lipinski definition) is 5. The van der Waals surface area contributed by atoms with E-state index >= 15 is 0 Å². The largest absolute Gasteiger partial charge is 0.379 e. The van der Waals surface area contributed by atoms with Crippen molar-refractivity contribution in [3.05, 3.63) is 59.2 Å². The fourth-order valence-corrected chi connectivity index (χ4v) is 4.71. The molecule has 2 heterocycles. The van der Waals surface area contributed by atoms with Gasteiger partial charge >= 0.3 is 0 Å². The molecule has 0 saturated carbocycles. The number of rotatable bonds is 7. The Balaban J connectivity index is 1.51. The molecule has 0 bridgehead atoms. The van der Waals surface area contributed by atoms with Crippen molar-refractivity contribution in [1.82, 2.24) is 10.2 Å². The summed E-state index contributed by atoms with van der Waals surface area (Å²) in [5.74, 6) is -0.158. The third kappa shape index (κ3) is 7.05. The van der Waals surface area contributed by atoms with Crippen molar-refractivity contribution in [2.45, 2.75) is 40.2 Å². The van der Waals surface area contributed by atoms with E-state index in [4.69, 9.17) is 4.74 Å². The SMILES string of the molecule is CC(C)(C)CC(=O)Nc1ccc(N2CCc3ccccc3C2)c(C(=O)NCCN2CCOCC2)c1. The molecule has 2 aromatic rings. The molecule has 0 aliphatic carbocycles. The lowest BCUT2D eigenvalue weighted by Crippen LogP contribution is -2.41. The average molecular weight is 479 g/mol. The van der Waals surface area contributed by atoms with Gasteiger partial charge in [0.2, 0.25) is 5.91 Å². The second-order valence-electron chi connectivity index (χ2n) is 10.7. The molecular weight excluding hydrogens is 440 g/mol. The zero-order chi connectivity index (χ0) is 24.8. The van der Waals surface area contributed by atoms with Crippen LogP contribution < -0.4 is 15.5 Å². The highest BCUT2D eigenvalue weighted by Crippen LogP contribution is 2.30. The lowest BCUT2D eigenvalue weighted by atomic mass is 9.92. The summed E-state index contributed by atoms with van der Waals surface area (Å²) in [6, 6.07) is 14.2. The molecule has 2 aliphatic heterocycles. The Morgan fingerprint density at radius 3 is 2.49 bits per heavy atom. The minimum Gasteiger partial charge on any atom is -0.379 e. The number of amides is 2. The summed E-state index contributed by atoms with van der Waals surface area (Å²) >= 11 is 0. The number of carbonyl (C=O) groups is 2. The number of ether oxygens (including phenoxy) is 1. The Kier molecular flexibility index (Phi) is 8.08. The molecule has 2 N–H and O–H groups in total. The molecule has 1 fully saturated rings. The quantitative estimate of drug-likeness (QED) is 0.635. The van der Waals surface area contributed by atoms with E-state index in [2.05, 4.69) is 44.7 Å². The molecule has 7 heteroatoms. The molecule has 2 aromatic carbocycles. The zero-order valence-electron chi connectivity index (χ0n) is 21.2. The van der Waals surface area contributed by atoms with Gasteiger partial charge in [0.1, 0.15) is 0 Å². The molecule has 0 aromatic heterocycles. The Labute approximate surface area is 208 Å². The second kappa shape index (κ2) is 11.2. The van der Waals surface area contributed by atoms with E-state index in [1.807, 2.05) is 39.0 Å². The molecule has 35 heavy (non-hydrogen) atoms. The summed E-state index contributed by atoms with van der Waals surface area (Å²) in [6.07, 6.45) is 1.36. The fraction of sp³-hybridized carbons (Fsp3) is 0.500. The molecule has 2 amide bonds. The van der Waals surface area contributed by atoms with Crippen molar-refractivity contribution in [2.75, 3.05) is 56.2 Å². The fourth-order valence-electron chi connectivity index (χ4n) is 4.71.